The molecule has 2 aliphatic heterocycles. The van der Waals surface area contributed by atoms with E-state index >= 15 is 0 Å². The molecule has 4 N–H and O–H groups in total. The lowest BCUT2D eigenvalue weighted by Gasteiger charge is -2.38. The molecule has 1 fully saturated rings. The van der Waals surface area contributed by atoms with Crippen molar-refractivity contribution in [3.05, 3.63) is 23.8 Å². The fraction of sp³-hybridized carbons (Fsp3) is 0.500. The van der Waals surface area contributed by atoms with Crippen LogP contribution in [0.1, 0.15) is 31.4 Å². The first-order chi connectivity index (χ1) is 8.96. The van der Waals surface area contributed by atoms with Crippen LogP contribution in [0.4, 0.5) is 11.4 Å². The van der Waals surface area contributed by atoms with Crippen molar-refractivity contribution in [1.29, 1.82) is 0 Å². The Morgan fingerprint density at radius 1 is 1.53 bits per heavy atom. The van der Waals surface area contributed by atoms with Crippen LogP contribution in [0, 0.1) is 0 Å². The second-order valence-corrected chi connectivity index (χ2v) is 5.76. The molecule has 19 heavy (non-hydrogen) atoms. The van der Waals surface area contributed by atoms with Crippen LogP contribution in [-0.4, -0.2) is 29.7 Å². The number of amides is 1. The molecule has 3 rings (SSSR count). The number of fused-ring (bicyclic) bond motifs is 1. The molecule has 0 bridgehead atoms. The molecule has 1 aromatic rings. The number of rotatable bonds is 1. The SMILES string of the molecule is CC1(O)CCCN(c2ccc3c(c2)NC(=O)C3N)C1. The average molecular weight is 261 g/mol. The first-order valence-electron chi connectivity index (χ1n) is 6.64. The second kappa shape index (κ2) is 4.21. The van der Waals surface area contributed by atoms with Gasteiger partial charge in [0.1, 0.15) is 6.04 Å². The van der Waals surface area contributed by atoms with Gasteiger partial charge < -0.3 is 21.1 Å². The molecule has 2 atom stereocenters. The van der Waals surface area contributed by atoms with Gasteiger partial charge in [0.15, 0.2) is 0 Å². The van der Waals surface area contributed by atoms with Gasteiger partial charge in [0.25, 0.3) is 0 Å². The number of β-amino-alcohol motifs (C(OH)–C–C–N with tert-alkyl or cyclic N) is 1. The van der Waals surface area contributed by atoms with Crippen LogP contribution in [0.25, 0.3) is 0 Å². The van der Waals surface area contributed by atoms with Gasteiger partial charge in [0.05, 0.1) is 5.60 Å². The lowest BCUT2D eigenvalue weighted by Crippen LogP contribution is -2.46. The summed E-state index contributed by atoms with van der Waals surface area (Å²) in [5, 5.41) is 12.9. The highest BCUT2D eigenvalue weighted by atomic mass is 16.3. The van der Waals surface area contributed by atoms with Crippen molar-refractivity contribution < 1.29 is 9.90 Å². The molecule has 0 radical (unpaired) electrons. The van der Waals surface area contributed by atoms with Crippen molar-refractivity contribution in [2.24, 2.45) is 5.73 Å². The molecule has 1 aromatic carbocycles. The molecule has 2 aliphatic rings. The summed E-state index contributed by atoms with van der Waals surface area (Å²) in [4.78, 5) is 13.7. The monoisotopic (exact) mass is 261 g/mol. The average Bonchev–Trinajstić information content (AvgIpc) is 2.63. The van der Waals surface area contributed by atoms with Gasteiger partial charge in [-0.1, -0.05) is 6.07 Å². The number of carbonyl (C=O) groups is 1. The van der Waals surface area contributed by atoms with E-state index in [1.54, 1.807) is 0 Å². The summed E-state index contributed by atoms with van der Waals surface area (Å²) in [7, 11) is 0. The number of benzene rings is 1. The Hall–Kier alpha value is -1.59. The number of aliphatic hydroxyl groups is 1. The van der Waals surface area contributed by atoms with E-state index in [1.807, 2.05) is 25.1 Å². The van der Waals surface area contributed by atoms with Gasteiger partial charge in [0, 0.05) is 30.0 Å². The largest absolute Gasteiger partial charge is 0.388 e. The van der Waals surface area contributed by atoms with Gasteiger partial charge in [0.2, 0.25) is 5.91 Å². The molecule has 5 heteroatoms. The molecule has 0 saturated carbocycles. The standard InChI is InChI=1S/C14H19N3O2/c1-14(19)5-2-6-17(8-14)9-3-4-10-11(7-9)16-13(18)12(10)15/h3-4,7,12,19H,2,5-6,8,15H2,1H3,(H,16,18). The van der Waals surface area contributed by atoms with Gasteiger partial charge in [-0.3, -0.25) is 4.79 Å². The molecule has 0 aliphatic carbocycles. The van der Waals surface area contributed by atoms with Gasteiger partial charge in [-0.25, -0.2) is 0 Å². The van der Waals surface area contributed by atoms with Crippen molar-refractivity contribution in [1.82, 2.24) is 0 Å². The van der Waals surface area contributed by atoms with Crippen molar-refractivity contribution >= 4 is 17.3 Å². The molecule has 0 aromatic heterocycles. The number of nitrogens with zero attached hydrogens (tertiary/aromatic N) is 1. The third kappa shape index (κ3) is 2.19. The zero-order valence-electron chi connectivity index (χ0n) is 11.0. The summed E-state index contributed by atoms with van der Waals surface area (Å²) in [5.41, 5.74) is 7.81. The van der Waals surface area contributed by atoms with E-state index in [1.165, 1.54) is 0 Å². The third-order valence-corrected chi connectivity index (χ3v) is 3.95. The van der Waals surface area contributed by atoms with Crippen molar-refractivity contribution in [3.63, 3.8) is 0 Å². The highest BCUT2D eigenvalue weighted by Gasteiger charge is 2.31. The Kier molecular flexibility index (Phi) is 2.76. The fourth-order valence-electron chi connectivity index (χ4n) is 2.91. The summed E-state index contributed by atoms with van der Waals surface area (Å²) in [6, 6.07) is 5.26. The Labute approximate surface area is 112 Å². The molecule has 2 heterocycles. The Morgan fingerprint density at radius 3 is 3.05 bits per heavy atom. The number of hydrogen-bond acceptors (Lipinski definition) is 4. The van der Waals surface area contributed by atoms with E-state index in [4.69, 9.17) is 5.73 Å². The number of nitrogens with two attached hydrogens (primary N) is 1. The van der Waals surface area contributed by atoms with Crippen molar-refractivity contribution in [3.8, 4) is 0 Å². The van der Waals surface area contributed by atoms with E-state index in [0.29, 0.717) is 6.54 Å². The van der Waals surface area contributed by atoms with Crippen LogP contribution in [-0.2, 0) is 4.79 Å². The number of hydrogen-bond donors (Lipinski definition) is 3. The smallest absolute Gasteiger partial charge is 0.245 e. The normalized spacial score (nSPS) is 30.2. The Balaban J connectivity index is 1.87. The van der Waals surface area contributed by atoms with E-state index in [9.17, 15) is 9.90 Å². The number of nitrogens with one attached hydrogen (secondary N) is 1. The van der Waals surface area contributed by atoms with Crippen molar-refractivity contribution in [2.45, 2.75) is 31.4 Å². The third-order valence-electron chi connectivity index (χ3n) is 3.95. The summed E-state index contributed by atoms with van der Waals surface area (Å²) in [6.45, 7) is 3.41. The lowest BCUT2D eigenvalue weighted by molar-refractivity contribution is -0.116. The van der Waals surface area contributed by atoms with E-state index < -0.39 is 11.6 Å². The van der Waals surface area contributed by atoms with Gasteiger partial charge in [-0.05, 0) is 31.9 Å². The molecule has 5 nitrogen and oxygen atoms in total. The summed E-state index contributed by atoms with van der Waals surface area (Å²) in [6.07, 6.45) is 1.80. The van der Waals surface area contributed by atoms with E-state index in [-0.39, 0.29) is 5.91 Å². The maximum absolute atomic E-state index is 11.5. The van der Waals surface area contributed by atoms with Crippen molar-refractivity contribution in [2.75, 3.05) is 23.3 Å². The first kappa shape index (κ1) is 12.4. The van der Waals surface area contributed by atoms with E-state index in [0.717, 1.165) is 36.3 Å². The van der Waals surface area contributed by atoms with Gasteiger partial charge >= 0.3 is 0 Å². The summed E-state index contributed by atoms with van der Waals surface area (Å²) >= 11 is 0. The minimum absolute atomic E-state index is 0.155. The molecule has 2 unspecified atom stereocenters. The minimum atomic E-state index is -0.642. The topological polar surface area (TPSA) is 78.6 Å². The zero-order chi connectivity index (χ0) is 13.6. The molecular weight excluding hydrogens is 242 g/mol. The molecular formula is C14H19N3O2. The molecule has 1 saturated heterocycles. The predicted molar refractivity (Wildman–Crippen MR) is 74.1 cm³/mol. The zero-order valence-corrected chi connectivity index (χ0v) is 11.0. The summed E-state index contributed by atoms with van der Waals surface area (Å²) in [5.74, 6) is -0.155. The van der Waals surface area contributed by atoms with Crippen LogP contribution in [0.5, 0.6) is 0 Å². The minimum Gasteiger partial charge on any atom is -0.388 e. The fourth-order valence-corrected chi connectivity index (χ4v) is 2.91. The Morgan fingerprint density at radius 2 is 2.32 bits per heavy atom. The highest BCUT2D eigenvalue weighted by molar-refractivity contribution is 6.02. The van der Waals surface area contributed by atoms with E-state index in [2.05, 4.69) is 10.2 Å². The molecule has 102 valence electrons. The van der Waals surface area contributed by atoms with Crippen LogP contribution in [0.15, 0.2) is 18.2 Å². The van der Waals surface area contributed by atoms with Crippen LogP contribution in [0.2, 0.25) is 0 Å². The number of anilines is 2. The maximum atomic E-state index is 11.5. The van der Waals surface area contributed by atoms with Crippen LogP contribution >= 0.6 is 0 Å². The number of piperidine rings is 1. The lowest BCUT2D eigenvalue weighted by atomic mass is 9.94. The first-order valence-corrected chi connectivity index (χ1v) is 6.64. The summed E-state index contributed by atoms with van der Waals surface area (Å²) < 4.78 is 0. The Bertz CT molecular complexity index is 527. The van der Waals surface area contributed by atoms with Crippen LogP contribution < -0.4 is 16.0 Å². The highest BCUT2D eigenvalue weighted by Crippen LogP contribution is 2.34. The maximum Gasteiger partial charge on any atom is 0.245 e. The second-order valence-electron chi connectivity index (χ2n) is 5.76. The molecule has 1 amide bonds. The predicted octanol–water partition coefficient (Wildman–Crippen LogP) is 0.990. The quantitative estimate of drug-likeness (QED) is 0.704. The van der Waals surface area contributed by atoms with Crippen LogP contribution in [0.3, 0.4) is 0 Å². The molecule has 0 spiro atoms. The van der Waals surface area contributed by atoms with Gasteiger partial charge in [-0.15, -0.1) is 0 Å². The number of carbonyl (C=O) groups excluding carboxylic acids is 1. The van der Waals surface area contributed by atoms with Gasteiger partial charge in [-0.2, -0.15) is 0 Å².